The molecule has 4 rings (SSSR count). The number of nitrogens with one attached hydrogen (secondary N) is 2. The Balaban J connectivity index is 0.000000343. The molecule has 0 spiro atoms. The first-order valence-corrected chi connectivity index (χ1v) is 11.2. The molecule has 1 atom stereocenters. The number of methoxy groups -OCH3 is 1. The number of hydrogen-bond donors (Lipinski definition) is 2. The SMILES string of the molecule is COCCN1CCC(NC(=O)Nc2ccc(-c3ccccc3)nc2C)C1.Fc1ccccc1F. The highest BCUT2D eigenvalue weighted by Gasteiger charge is 2.23. The summed E-state index contributed by atoms with van der Waals surface area (Å²) in [5.74, 6) is -1.60. The Kier molecular flexibility index (Phi) is 9.49. The predicted molar refractivity (Wildman–Crippen MR) is 130 cm³/mol. The summed E-state index contributed by atoms with van der Waals surface area (Å²) >= 11 is 0. The fourth-order valence-corrected chi connectivity index (χ4v) is 3.62. The van der Waals surface area contributed by atoms with Gasteiger partial charge in [-0.15, -0.1) is 0 Å². The lowest BCUT2D eigenvalue weighted by Gasteiger charge is -2.17. The van der Waals surface area contributed by atoms with E-state index in [1.807, 2.05) is 49.4 Å². The molecule has 1 saturated heterocycles. The summed E-state index contributed by atoms with van der Waals surface area (Å²) in [6, 6.07) is 18.9. The Morgan fingerprint density at radius 3 is 2.35 bits per heavy atom. The number of aromatic nitrogens is 1. The Morgan fingerprint density at radius 1 is 1.06 bits per heavy atom. The Morgan fingerprint density at radius 2 is 1.74 bits per heavy atom. The van der Waals surface area contributed by atoms with Crippen molar-refractivity contribution in [2.45, 2.75) is 19.4 Å². The van der Waals surface area contributed by atoms with Crippen molar-refractivity contribution < 1.29 is 18.3 Å². The fraction of sp³-hybridized carbons (Fsp3) is 0.308. The summed E-state index contributed by atoms with van der Waals surface area (Å²) in [5, 5.41) is 5.96. The van der Waals surface area contributed by atoms with Gasteiger partial charge in [-0.1, -0.05) is 42.5 Å². The number of hydrogen-bond acceptors (Lipinski definition) is 4. The molecule has 2 N–H and O–H groups in total. The number of urea groups is 1. The van der Waals surface area contributed by atoms with Crippen LogP contribution in [0.3, 0.4) is 0 Å². The van der Waals surface area contributed by atoms with Gasteiger partial charge in [0.1, 0.15) is 0 Å². The van der Waals surface area contributed by atoms with Crippen LogP contribution < -0.4 is 10.6 Å². The second-order valence-electron chi connectivity index (χ2n) is 7.99. The highest BCUT2D eigenvalue weighted by atomic mass is 19.2. The van der Waals surface area contributed by atoms with Gasteiger partial charge in [0.15, 0.2) is 11.6 Å². The highest BCUT2D eigenvalue weighted by molar-refractivity contribution is 5.90. The van der Waals surface area contributed by atoms with Gasteiger partial charge in [0.25, 0.3) is 0 Å². The number of rotatable bonds is 6. The maximum atomic E-state index is 12.3. The number of halogens is 2. The molecule has 8 heteroatoms. The number of amides is 2. The van der Waals surface area contributed by atoms with Crippen LogP contribution in [-0.2, 0) is 4.74 Å². The summed E-state index contributed by atoms with van der Waals surface area (Å²) in [6.45, 7) is 5.38. The monoisotopic (exact) mass is 468 g/mol. The molecule has 180 valence electrons. The van der Waals surface area contributed by atoms with Gasteiger partial charge in [-0.25, -0.2) is 13.6 Å². The summed E-state index contributed by atoms with van der Waals surface area (Å²) in [6.07, 6.45) is 0.960. The molecule has 3 aromatic rings. The molecule has 6 nitrogen and oxygen atoms in total. The number of nitrogens with zero attached hydrogens (tertiary/aromatic N) is 2. The molecule has 2 aromatic carbocycles. The molecule has 1 aliphatic rings. The van der Waals surface area contributed by atoms with E-state index >= 15 is 0 Å². The number of carbonyl (C=O) groups excluding carboxylic acids is 1. The number of anilines is 1. The van der Waals surface area contributed by atoms with Gasteiger partial charge in [-0.3, -0.25) is 9.88 Å². The van der Waals surface area contributed by atoms with Crippen molar-refractivity contribution in [3.63, 3.8) is 0 Å². The molecule has 0 bridgehead atoms. The van der Waals surface area contributed by atoms with E-state index in [1.54, 1.807) is 7.11 Å². The zero-order valence-electron chi connectivity index (χ0n) is 19.4. The van der Waals surface area contributed by atoms with Crippen LogP contribution in [0.25, 0.3) is 11.3 Å². The third-order valence-corrected chi connectivity index (χ3v) is 5.45. The first-order chi connectivity index (χ1) is 16.5. The molecule has 1 aliphatic heterocycles. The largest absolute Gasteiger partial charge is 0.383 e. The smallest absolute Gasteiger partial charge is 0.319 e. The molecule has 1 fully saturated rings. The van der Waals surface area contributed by atoms with E-state index in [4.69, 9.17) is 4.74 Å². The van der Waals surface area contributed by atoms with Crippen molar-refractivity contribution in [3.05, 3.63) is 84.1 Å². The molecule has 1 unspecified atom stereocenters. The average molecular weight is 469 g/mol. The maximum absolute atomic E-state index is 12.3. The van der Waals surface area contributed by atoms with Crippen LogP contribution in [0, 0.1) is 18.6 Å². The third-order valence-electron chi connectivity index (χ3n) is 5.45. The van der Waals surface area contributed by atoms with Crippen LogP contribution in [-0.4, -0.2) is 55.3 Å². The number of pyridine rings is 1. The minimum atomic E-state index is -0.799. The van der Waals surface area contributed by atoms with Gasteiger partial charge >= 0.3 is 6.03 Å². The minimum Gasteiger partial charge on any atom is -0.383 e. The van der Waals surface area contributed by atoms with E-state index in [1.165, 1.54) is 12.1 Å². The van der Waals surface area contributed by atoms with Crippen LogP contribution in [0.2, 0.25) is 0 Å². The lowest BCUT2D eigenvalue weighted by atomic mass is 10.1. The van der Waals surface area contributed by atoms with E-state index in [0.717, 1.165) is 67.4 Å². The van der Waals surface area contributed by atoms with Crippen LogP contribution in [0.4, 0.5) is 19.3 Å². The van der Waals surface area contributed by atoms with E-state index in [2.05, 4.69) is 20.5 Å². The van der Waals surface area contributed by atoms with Gasteiger partial charge in [0, 0.05) is 38.3 Å². The molecular formula is C26H30F2N4O2. The zero-order valence-corrected chi connectivity index (χ0v) is 19.4. The molecule has 2 heterocycles. The predicted octanol–water partition coefficient (Wildman–Crippen LogP) is 4.86. The molecule has 34 heavy (non-hydrogen) atoms. The Bertz CT molecular complexity index is 1040. The second kappa shape index (κ2) is 12.8. The number of benzene rings is 2. The molecule has 0 aliphatic carbocycles. The van der Waals surface area contributed by atoms with E-state index in [9.17, 15) is 13.6 Å². The molecule has 1 aromatic heterocycles. The summed E-state index contributed by atoms with van der Waals surface area (Å²) in [5.41, 5.74) is 3.50. The summed E-state index contributed by atoms with van der Waals surface area (Å²) in [7, 11) is 1.71. The zero-order chi connectivity index (χ0) is 24.3. The summed E-state index contributed by atoms with van der Waals surface area (Å²) in [4.78, 5) is 19.2. The summed E-state index contributed by atoms with van der Waals surface area (Å²) < 4.78 is 29.0. The Hall–Kier alpha value is -3.36. The molecule has 0 saturated carbocycles. The lowest BCUT2D eigenvalue weighted by Crippen LogP contribution is -2.40. The topological polar surface area (TPSA) is 66.5 Å². The van der Waals surface area contributed by atoms with Gasteiger partial charge in [-0.05, 0) is 37.6 Å². The first-order valence-electron chi connectivity index (χ1n) is 11.2. The fourth-order valence-electron chi connectivity index (χ4n) is 3.62. The van der Waals surface area contributed by atoms with Crippen molar-refractivity contribution in [2.24, 2.45) is 0 Å². The minimum absolute atomic E-state index is 0.170. The second-order valence-corrected chi connectivity index (χ2v) is 7.99. The van der Waals surface area contributed by atoms with Crippen molar-refractivity contribution in [1.29, 1.82) is 0 Å². The molecule has 2 amide bonds. The molecule has 0 radical (unpaired) electrons. The van der Waals surface area contributed by atoms with Gasteiger partial charge < -0.3 is 15.4 Å². The van der Waals surface area contributed by atoms with Gasteiger partial charge in [0.05, 0.1) is 23.7 Å². The van der Waals surface area contributed by atoms with Gasteiger partial charge in [-0.2, -0.15) is 0 Å². The highest BCUT2D eigenvalue weighted by Crippen LogP contribution is 2.21. The standard InChI is InChI=1S/C20H26N4O2.C6H4F2/c1-15-18(8-9-19(21-15)16-6-4-3-5-7-16)23-20(25)22-17-10-11-24(14-17)12-13-26-2;7-5-3-1-2-4-6(5)8/h3-9,17H,10-14H2,1-2H3,(H2,22,23,25);1-4H. The van der Waals surface area contributed by atoms with Crippen LogP contribution in [0.15, 0.2) is 66.7 Å². The van der Waals surface area contributed by atoms with Crippen molar-refractivity contribution in [3.8, 4) is 11.3 Å². The number of aryl methyl sites for hydroxylation is 1. The maximum Gasteiger partial charge on any atom is 0.319 e. The van der Waals surface area contributed by atoms with Crippen LogP contribution in [0.5, 0.6) is 0 Å². The first kappa shape index (κ1) is 25.3. The number of likely N-dealkylation sites (tertiary alicyclic amines) is 1. The van der Waals surface area contributed by atoms with E-state index in [-0.39, 0.29) is 12.1 Å². The van der Waals surface area contributed by atoms with Crippen molar-refractivity contribution in [2.75, 3.05) is 38.7 Å². The van der Waals surface area contributed by atoms with Crippen molar-refractivity contribution >= 4 is 11.7 Å². The normalized spacial score (nSPS) is 15.4. The molecular weight excluding hydrogens is 438 g/mol. The number of ether oxygens (including phenoxy) is 1. The van der Waals surface area contributed by atoms with E-state index < -0.39 is 11.6 Å². The van der Waals surface area contributed by atoms with Crippen LogP contribution >= 0.6 is 0 Å². The Labute approximate surface area is 199 Å². The van der Waals surface area contributed by atoms with E-state index in [0.29, 0.717) is 0 Å². The average Bonchev–Trinajstić information content (AvgIpc) is 3.29. The third kappa shape index (κ3) is 7.60. The van der Waals surface area contributed by atoms with Gasteiger partial charge in [0.2, 0.25) is 0 Å². The quantitative estimate of drug-likeness (QED) is 0.542. The van der Waals surface area contributed by atoms with Crippen LogP contribution in [0.1, 0.15) is 12.1 Å². The number of carbonyl (C=O) groups is 1. The van der Waals surface area contributed by atoms with Crippen molar-refractivity contribution in [1.82, 2.24) is 15.2 Å². The lowest BCUT2D eigenvalue weighted by molar-refractivity contribution is 0.160.